The Hall–Kier alpha value is -0.190. The van der Waals surface area contributed by atoms with Crippen LogP contribution in [0.15, 0.2) is 22.7 Å². The predicted octanol–water partition coefficient (Wildman–Crippen LogP) is 3.92. The fourth-order valence-electron chi connectivity index (χ4n) is 2.00. The van der Waals surface area contributed by atoms with Crippen LogP contribution in [-0.2, 0) is 6.42 Å². The Bertz CT molecular complexity index is 396. The van der Waals surface area contributed by atoms with Gasteiger partial charge in [0.2, 0.25) is 0 Å². The van der Waals surface area contributed by atoms with E-state index >= 15 is 0 Å². The number of halogens is 1. The highest BCUT2D eigenvalue weighted by Gasteiger charge is 2.11. The Kier molecular flexibility index (Phi) is 7.26. The van der Waals surface area contributed by atoms with Crippen LogP contribution in [-0.4, -0.2) is 31.1 Å². The zero-order chi connectivity index (χ0) is 14.4. The van der Waals surface area contributed by atoms with Crippen molar-refractivity contribution in [3.63, 3.8) is 0 Å². The molecule has 108 valence electrons. The minimum atomic E-state index is 0.195. The van der Waals surface area contributed by atoms with Crippen molar-refractivity contribution in [2.24, 2.45) is 5.73 Å². The van der Waals surface area contributed by atoms with Crippen molar-refractivity contribution in [3.05, 3.63) is 28.2 Å². The maximum atomic E-state index is 5.86. The van der Waals surface area contributed by atoms with Crippen LogP contribution in [0.3, 0.4) is 0 Å². The molecule has 0 heterocycles. The molecule has 0 bridgehead atoms. The Morgan fingerprint density at radius 2 is 2.05 bits per heavy atom. The van der Waals surface area contributed by atoms with Crippen molar-refractivity contribution >= 4 is 33.4 Å². The van der Waals surface area contributed by atoms with Gasteiger partial charge < -0.3 is 10.6 Å². The van der Waals surface area contributed by atoms with E-state index in [-0.39, 0.29) is 6.04 Å². The van der Waals surface area contributed by atoms with Gasteiger partial charge in [0, 0.05) is 29.3 Å². The number of benzene rings is 1. The van der Waals surface area contributed by atoms with Gasteiger partial charge in [-0.2, -0.15) is 11.8 Å². The average Bonchev–Trinajstić information content (AvgIpc) is 2.37. The van der Waals surface area contributed by atoms with Gasteiger partial charge in [-0.05, 0) is 56.4 Å². The van der Waals surface area contributed by atoms with Gasteiger partial charge in [0.05, 0.1) is 0 Å². The third kappa shape index (κ3) is 5.36. The van der Waals surface area contributed by atoms with Gasteiger partial charge in [0.1, 0.15) is 0 Å². The van der Waals surface area contributed by atoms with Gasteiger partial charge in [-0.15, -0.1) is 0 Å². The molecule has 0 aliphatic rings. The van der Waals surface area contributed by atoms with Crippen molar-refractivity contribution in [1.29, 1.82) is 0 Å². The van der Waals surface area contributed by atoms with Gasteiger partial charge in [-0.1, -0.05) is 22.0 Å². The molecule has 0 aromatic heterocycles. The van der Waals surface area contributed by atoms with Crippen molar-refractivity contribution < 1.29 is 0 Å². The van der Waals surface area contributed by atoms with Crippen molar-refractivity contribution in [2.75, 3.05) is 24.0 Å². The predicted molar refractivity (Wildman–Crippen MR) is 92.4 cm³/mol. The molecule has 2 unspecified atom stereocenters. The highest BCUT2D eigenvalue weighted by Crippen LogP contribution is 2.26. The number of hydrogen-bond donors (Lipinski definition) is 1. The molecular weight excluding hydrogens is 320 g/mol. The van der Waals surface area contributed by atoms with Crippen molar-refractivity contribution in [1.82, 2.24) is 0 Å². The first kappa shape index (κ1) is 16.9. The van der Waals surface area contributed by atoms with E-state index in [0.29, 0.717) is 6.04 Å². The Morgan fingerprint density at radius 1 is 1.37 bits per heavy atom. The second kappa shape index (κ2) is 8.18. The topological polar surface area (TPSA) is 29.3 Å². The van der Waals surface area contributed by atoms with Crippen LogP contribution in [0.4, 0.5) is 5.69 Å². The summed E-state index contributed by atoms with van der Waals surface area (Å²) in [5, 5.41) is 0. The smallest absolute Gasteiger partial charge is 0.0377 e. The van der Waals surface area contributed by atoms with E-state index in [4.69, 9.17) is 5.73 Å². The summed E-state index contributed by atoms with van der Waals surface area (Å²) in [6.45, 7) is 4.32. The molecule has 0 saturated heterocycles. The zero-order valence-electron chi connectivity index (χ0n) is 12.3. The van der Waals surface area contributed by atoms with E-state index in [1.807, 2.05) is 18.7 Å². The highest BCUT2D eigenvalue weighted by atomic mass is 79.9. The summed E-state index contributed by atoms with van der Waals surface area (Å²) in [6.07, 6.45) is 4.27. The minimum Gasteiger partial charge on any atom is -0.372 e. The number of hydrogen-bond acceptors (Lipinski definition) is 3. The number of nitrogens with two attached hydrogens (primary N) is 1. The molecule has 1 aromatic carbocycles. The molecule has 1 rings (SSSR count). The second-order valence-corrected chi connectivity index (χ2v) is 7.04. The molecule has 0 fully saturated rings. The number of thioether (sulfide) groups is 1. The Labute approximate surface area is 130 Å². The van der Waals surface area contributed by atoms with E-state index in [1.54, 1.807) is 0 Å². The first-order chi connectivity index (χ1) is 8.95. The average molecular weight is 345 g/mol. The van der Waals surface area contributed by atoms with Crippen LogP contribution in [0, 0.1) is 0 Å². The summed E-state index contributed by atoms with van der Waals surface area (Å²) in [5.74, 6) is 1.20. The first-order valence-electron chi connectivity index (χ1n) is 6.71. The molecule has 19 heavy (non-hydrogen) atoms. The summed E-state index contributed by atoms with van der Waals surface area (Å²) < 4.78 is 1.16. The first-order valence-corrected chi connectivity index (χ1v) is 8.90. The zero-order valence-corrected chi connectivity index (χ0v) is 14.7. The normalized spacial score (nSPS) is 14.2. The molecule has 0 radical (unpaired) electrons. The standard InChI is InChI=1S/C15H25BrN2S/c1-11(17)9-13-5-6-14(10-15(13)16)18(3)12(2)7-8-19-4/h5-6,10-12H,7-9,17H2,1-4H3. The largest absolute Gasteiger partial charge is 0.372 e. The molecule has 0 spiro atoms. The number of nitrogens with zero attached hydrogens (tertiary/aromatic N) is 1. The van der Waals surface area contributed by atoms with Crippen LogP contribution >= 0.6 is 27.7 Å². The maximum Gasteiger partial charge on any atom is 0.0377 e. The van der Waals surface area contributed by atoms with Crippen LogP contribution in [0.1, 0.15) is 25.8 Å². The fourth-order valence-corrected chi connectivity index (χ4v) is 3.11. The lowest BCUT2D eigenvalue weighted by Gasteiger charge is -2.27. The molecule has 1 aromatic rings. The van der Waals surface area contributed by atoms with Crippen molar-refractivity contribution in [3.8, 4) is 0 Å². The lowest BCUT2D eigenvalue weighted by molar-refractivity contribution is 0.669. The third-order valence-corrected chi connectivity index (χ3v) is 4.77. The monoisotopic (exact) mass is 344 g/mol. The second-order valence-electron chi connectivity index (χ2n) is 5.20. The molecule has 0 aliphatic heterocycles. The third-order valence-electron chi connectivity index (χ3n) is 3.39. The summed E-state index contributed by atoms with van der Waals surface area (Å²) in [6, 6.07) is 7.32. The van der Waals surface area contributed by atoms with Crippen LogP contribution in [0.25, 0.3) is 0 Å². The number of anilines is 1. The summed E-state index contributed by atoms with van der Waals surface area (Å²) in [4.78, 5) is 2.34. The summed E-state index contributed by atoms with van der Waals surface area (Å²) >= 11 is 5.56. The van der Waals surface area contributed by atoms with E-state index in [2.05, 4.69) is 59.3 Å². The van der Waals surface area contributed by atoms with Gasteiger partial charge in [0.25, 0.3) is 0 Å². The molecule has 0 aliphatic carbocycles. The minimum absolute atomic E-state index is 0.195. The molecule has 0 saturated carbocycles. The molecule has 2 atom stereocenters. The van der Waals surface area contributed by atoms with Gasteiger partial charge in [-0.3, -0.25) is 0 Å². The van der Waals surface area contributed by atoms with Crippen LogP contribution < -0.4 is 10.6 Å². The quantitative estimate of drug-likeness (QED) is 0.812. The highest BCUT2D eigenvalue weighted by molar-refractivity contribution is 9.10. The Balaban J connectivity index is 2.76. The van der Waals surface area contributed by atoms with E-state index < -0.39 is 0 Å². The molecule has 2 N–H and O–H groups in total. The van der Waals surface area contributed by atoms with Crippen LogP contribution in [0.5, 0.6) is 0 Å². The van der Waals surface area contributed by atoms with Gasteiger partial charge in [0.15, 0.2) is 0 Å². The number of rotatable bonds is 7. The maximum absolute atomic E-state index is 5.86. The lowest BCUT2D eigenvalue weighted by Crippen LogP contribution is -2.29. The fraction of sp³-hybridized carbons (Fsp3) is 0.600. The molecule has 0 amide bonds. The van der Waals surface area contributed by atoms with Gasteiger partial charge in [-0.25, -0.2) is 0 Å². The molecule has 4 heteroatoms. The van der Waals surface area contributed by atoms with Crippen LogP contribution in [0.2, 0.25) is 0 Å². The van der Waals surface area contributed by atoms with E-state index in [0.717, 1.165) is 10.9 Å². The van der Waals surface area contributed by atoms with Gasteiger partial charge >= 0.3 is 0 Å². The summed E-state index contributed by atoms with van der Waals surface area (Å²) in [7, 11) is 2.16. The van der Waals surface area contributed by atoms with E-state index in [9.17, 15) is 0 Å². The SMILES string of the molecule is CSCCC(C)N(C)c1ccc(CC(C)N)c(Br)c1. The molecular formula is C15H25BrN2S. The summed E-state index contributed by atoms with van der Waals surface area (Å²) in [5.41, 5.74) is 8.40. The van der Waals surface area contributed by atoms with E-state index in [1.165, 1.54) is 23.4 Å². The lowest BCUT2D eigenvalue weighted by atomic mass is 10.1. The van der Waals surface area contributed by atoms with Crippen molar-refractivity contribution in [2.45, 2.75) is 38.8 Å². The Morgan fingerprint density at radius 3 is 2.58 bits per heavy atom. The molecule has 2 nitrogen and oxygen atoms in total.